The van der Waals surface area contributed by atoms with Crippen LogP contribution < -0.4 is 16.0 Å². The first kappa shape index (κ1) is 24.7. The highest BCUT2D eigenvalue weighted by Crippen LogP contribution is 2.19. The molecule has 3 amide bonds. The zero-order valence-corrected chi connectivity index (χ0v) is 20.6. The molecule has 0 saturated carbocycles. The van der Waals surface area contributed by atoms with E-state index in [1.165, 1.54) is 0 Å². The zero-order chi connectivity index (χ0) is 25.8. The van der Waals surface area contributed by atoms with Gasteiger partial charge >= 0.3 is 0 Å². The van der Waals surface area contributed by atoms with Crippen molar-refractivity contribution in [1.82, 2.24) is 34.8 Å². The van der Waals surface area contributed by atoms with Crippen LogP contribution in [0, 0.1) is 0 Å². The molecule has 12 nitrogen and oxygen atoms in total. The van der Waals surface area contributed by atoms with Crippen molar-refractivity contribution < 1.29 is 14.4 Å². The van der Waals surface area contributed by atoms with Crippen LogP contribution in [0.15, 0.2) is 42.7 Å². The first-order valence-corrected chi connectivity index (χ1v) is 11.4. The monoisotopic (exact) mass is 491 g/mol. The smallest absolute Gasteiger partial charge is 0.272 e. The van der Waals surface area contributed by atoms with Gasteiger partial charge in [0.05, 0.1) is 11.4 Å². The van der Waals surface area contributed by atoms with Crippen LogP contribution in [-0.4, -0.2) is 74.4 Å². The zero-order valence-electron chi connectivity index (χ0n) is 20.6. The van der Waals surface area contributed by atoms with E-state index >= 15 is 0 Å². The number of hydrogen-bond acceptors (Lipinski definition) is 6. The molecule has 12 heteroatoms. The van der Waals surface area contributed by atoms with E-state index in [1.54, 1.807) is 66.0 Å². The SMILES string of the molecule is CN(C)CCCNC(=O)c1cc(NC(=O)c2cc(NC(=O)c3ccc4n[nH]nc4c3)cn2C)cn1C. The van der Waals surface area contributed by atoms with E-state index in [0.29, 0.717) is 45.9 Å². The van der Waals surface area contributed by atoms with Gasteiger partial charge in [-0.15, -0.1) is 0 Å². The highest BCUT2D eigenvalue weighted by Gasteiger charge is 2.17. The van der Waals surface area contributed by atoms with Gasteiger partial charge in [-0.25, -0.2) is 0 Å². The molecule has 188 valence electrons. The number of carbonyl (C=O) groups excluding carboxylic acids is 3. The van der Waals surface area contributed by atoms with Gasteiger partial charge in [-0.3, -0.25) is 14.4 Å². The lowest BCUT2D eigenvalue weighted by Gasteiger charge is -2.10. The maximum Gasteiger partial charge on any atom is 0.272 e. The summed E-state index contributed by atoms with van der Waals surface area (Å²) in [6, 6.07) is 8.21. The van der Waals surface area contributed by atoms with Crippen LogP contribution in [0.4, 0.5) is 11.4 Å². The lowest BCUT2D eigenvalue weighted by Crippen LogP contribution is -2.28. The minimum absolute atomic E-state index is 0.204. The third kappa shape index (κ3) is 5.61. The summed E-state index contributed by atoms with van der Waals surface area (Å²) in [4.78, 5) is 40.1. The fraction of sp³-hybridized carbons (Fsp3) is 0.292. The van der Waals surface area contributed by atoms with Crippen LogP contribution in [0.1, 0.15) is 37.8 Å². The van der Waals surface area contributed by atoms with E-state index in [-0.39, 0.29) is 17.7 Å². The van der Waals surface area contributed by atoms with Gasteiger partial charge in [0.2, 0.25) is 0 Å². The number of hydrogen-bond donors (Lipinski definition) is 4. The second-order valence-corrected chi connectivity index (χ2v) is 8.80. The van der Waals surface area contributed by atoms with Crippen LogP contribution >= 0.6 is 0 Å². The Kier molecular flexibility index (Phi) is 7.15. The number of amides is 3. The van der Waals surface area contributed by atoms with Crippen molar-refractivity contribution in [2.24, 2.45) is 14.1 Å². The second-order valence-electron chi connectivity index (χ2n) is 8.80. The van der Waals surface area contributed by atoms with E-state index in [9.17, 15) is 14.4 Å². The van der Waals surface area contributed by atoms with E-state index in [4.69, 9.17) is 0 Å². The number of nitrogens with zero attached hydrogens (tertiary/aromatic N) is 5. The topological polar surface area (TPSA) is 142 Å². The number of aryl methyl sites for hydroxylation is 2. The third-order valence-corrected chi connectivity index (χ3v) is 5.64. The van der Waals surface area contributed by atoms with Crippen molar-refractivity contribution in [1.29, 1.82) is 0 Å². The lowest BCUT2D eigenvalue weighted by atomic mass is 10.2. The molecule has 4 rings (SSSR count). The van der Waals surface area contributed by atoms with Gasteiger partial charge in [-0.05, 0) is 57.4 Å². The highest BCUT2D eigenvalue weighted by atomic mass is 16.2. The Bertz CT molecular complexity index is 1410. The van der Waals surface area contributed by atoms with Gasteiger partial charge < -0.3 is 30.0 Å². The molecule has 0 saturated heterocycles. The molecule has 0 aliphatic heterocycles. The van der Waals surface area contributed by atoms with Gasteiger partial charge in [0.15, 0.2) is 0 Å². The molecule has 4 N–H and O–H groups in total. The number of aromatic nitrogens is 5. The van der Waals surface area contributed by atoms with Crippen LogP contribution in [0.2, 0.25) is 0 Å². The van der Waals surface area contributed by atoms with Crippen LogP contribution in [0.25, 0.3) is 11.0 Å². The van der Waals surface area contributed by atoms with Gasteiger partial charge in [-0.2, -0.15) is 15.4 Å². The van der Waals surface area contributed by atoms with E-state index in [1.807, 2.05) is 14.1 Å². The summed E-state index contributed by atoms with van der Waals surface area (Å²) in [5.41, 5.74) is 3.42. The Labute approximate surface area is 207 Å². The summed E-state index contributed by atoms with van der Waals surface area (Å²) >= 11 is 0. The molecule has 0 spiro atoms. The second kappa shape index (κ2) is 10.4. The maximum atomic E-state index is 12.9. The van der Waals surface area contributed by atoms with Gasteiger partial charge in [0.25, 0.3) is 17.7 Å². The molecule has 0 unspecified atom stereocenters. The summed E-state index contributed by atoms with van der Waals surface area (Å²) in [7, 11) is 7.43. The summed E-state index contributed by atoms with van der Waals surface area (Å²) in [5.74, 6) is -0.906. The molecule has 4 aromatic rings. The summed E-state index contributed by atoms with van der Waals surface area (Å²) < 4.78 is 3.28. The van der Waals surface area contributed by atoms with Crippen LogP contribution in [0.3, 0.4) is 0 Å². The number of rotatable bonds is 9. The number of H-pyrrole nitrogens is 1. The third-order valence-electron chi connectivity index (χ3n) is 5.64. The van der Waals surface area contributed by atoms with E-state index in [0.717, 1.165) is 13.0 Å². The Hall–Kier alpha value is -4.45. The molecular weight excluding hydrogens is 462 g/mol. The Balaban J connectivity index is 1.38. The predicted octanol–water partition coefficient (Wildman–Crippen LogP) is 1.82. The maximum absolute atomic E-state index is 12.9. The first-order chi connectivity index (χ1) is 17.2. The van der Waals surface area contributed by atoms with E-state index < -0.39 is 0 Å². The molecule has 0 radical (unpaired) electrons. The average Bonchev–Trinajstić information content (AvgIpc) is 3.54. The standard InChI is InChI=1S/C24H29N9O3/c1-31(2)9-5-8-25-23(35)20-11-17(14-32(20)3)27-24(36)21-12-16(13-33(21)4)26-22(34)15-6-7-18-19(10-15)29-30-28-18/h6-7,10-14H,5,8-9H2,1-4H3,(H,25,35)(H,26,34)(H,27,36)(H,28,29,30). The summed E-state index contributed by atoms with van der Waals surface area (Å²) in [5, 5.41) is 19.0. The van der Waals surface area contributed by atoms with Crippen molar-refractivity contribution in [3.63, 3.8) is 0 Å². The molecule has 36 heavy (non-hydrogen) atoms. The molecule has 3 aromatic heterocycles. The molecule has 0 fully saturated rings. The van der Waals surface area contributed by atoms with Crippen molar-refractivity contribution in [2.75, 3.05) is 37.8 Å². The number of benzene rings is 1. The molecule has 3 heterocycles. The van der Waals surface area contributed by atoms with E-state index in [2.05, 4.69) is 36.3 Å². The number of anilines is 2. The molecular formula is C24H29N9O3. The van der Waals surface area contributed by atoms with Crippen molar-refractivity contribution in [2.45, 2.75) is 6.42 Å². The summed E-state index contributed by atoms with van der Waals surface area (Å²) in [6.45, 7) is 1.44. The Morgan fingerprint density at radius 1 is 0.861 bits per heavy atom. The Morgan fingerprint density at radius 3 is 2.14 bits per heavy atom. The number of carbonyl (C=O) groups is 3. The lowest BCUT2D eigenvalue weighted by molar-refractivity contribution is 0.0942. The molecule has 1 aromatic carbocycles. The fourth-order valence-corrected chi connectivity index (χ4v) is 3.78. The first-order valence-electron chi connectivity index (χ1n) is 11.4. The fourth-order valence-electron chi connectivity index (χ4n) is 3.78. The summed E-state index contributed by atoms with van der Waals surface area (Å²) in [6.07, 6.45) is 4.17. The van der Waals surface area contributed by atoms with Crippen molar-refractivity contribution >= 4 is 40.1 Å². The minimum Gasteiger partial charge on any atom is -0.351 e. The number of fused-ring (bicyclic) bond motifs is 1. The molecule has 0 aliphatic carbocycles. The normalized spacial score (nSPS) is 11.1. The molecule has 0 atom stereocenters. The van der Waals surface area contributed by atoms with Gasteiger partial charge in [0.1, 0.15) is 22.4 Å². The number of nitrogens with one attached hydrogen (secondary N) is 4. The predicted molar refractivity (Wildman–Crippen MR) is 136 cm³/mol. The quantitative estimate of drug-likeness (QED) is 0.263. The average molecular weight is 492 g/mol. The van der Waals surface area contributed by atoms with Crippen LogP contribution in [0.5, 0.6) is 0 Å². The molecule has 0 aliphatic rings. The van der Waals surface area contributed by atoms with Crippen molar-refractivity contribution in [3.8, 4) is 0 Å². The highest BCUT2D eigenvalue weighted by molar-refractivity contribution is 6.08. The largest absolute Gasteiger partial charge is 0.351 e. The molecule has 0 bridgehead atoms. The van der Waals surface area contributed by atoms with Gasteiger partial charge in [-0.1, -0.05) is 0 Å². The van der Waals surface area contributed by atoms with Crippen molar-refractivity contribution in [3.05, 3.63) is 59.7 Å². The Morgan fingerprint density at radius 2 is 1.47 bits per heavy atom. The number of aromatic amines is 1. The minimum atomic E-state index is -0.370. The van der Waals surface area contributed by atoms with Gasteiger partial charge in [0, 0.05) is 38.6 Å². The van der Waals surface area contributed by atoms with Crippen LogP contribution in [-0.2, 0) is 14.1 Å².